The Kier molecular flexibility index (Phi) is 4.06. The summed E-state index contributed by atoms with van der Waals surface area (Å²) in [6.07, 6.45) is 1.59. The van der Waals surface area contributed by atoms with Crippen molar-refractivity contribution in [2.45, 2.75) is 51.5 Å². The van der Waals surface area contributed by atoms with Crippen molar-refractivity contribution >= 4 is 10.0 Å². The van der Waals surface area contributed by atoms with Crippen molar-refractivity contribution in [3.8, 4) is 0 Å². The fraction of sp³-hybridized carbons (Fsp3) is 0.471. The Morgan fingerprint density at radius 1 is 1.09 bits per heavy atom. The van der Waals surface area contributed by atoms with Gasteiger partial charge in [-0.2, -0.15) is 4.31 Å². The van der Waals surface area contributed by atoms with Gasteiger partial charge in [0, 0.05) is 12.6 Å². The zero-order valence-electron chi connectivity index (χ0n) is 14.0. The van der Waals surface area contributed by atoms with Crippen molar-refractivity contribution in [1.82, 2.24) is 9.46 Å². The molecule has 0 aliphatic carbocycles. The van der Waals surface area contributed by atoms with Crippen LogP contribution in [0.25, 0.3) is 0 Å². The summed E-state index contributed by atoms with van der Waals surface area (Å²) in [5.41, 5.74) is 3.64. The second kappa shape index (κ2) is 5.76. The maximum atomic E-state index is 13.2. The van der Waals surface area contributed by atoms with Gasteiger partial charge in [-0.1, -0.05) is 11.2 Å². The smallest absolute Gasteiger partial charge is 0.244 e. The van der Waals surface area contributed by atoms with E-state index in [4.69, 9.17) is 4.52 Å². The van der Waals surface area contributed by atoms with E-state index in [1.165, 1.54) is 0 Å². The van der Waals surface area contributed by atoms with E-state index in [-0.39, 0.29) is 6.04 Å². The largest absolute Gasteiger partial charge is 0.359 e. The normalized spacial score (nSPS) is 19.4. The molecule has 1 aliphatic heterocycles. The molecule has 0 radical (unpaired) electrons. The van der Waals surface area contributed by atoms with E-state index >= 15 is 0 Å². The summed E-state index contributed by atoms with van der Waals surface area (Å²) in [4.78, 5) is 0.392. The lowest BCUT2D eigenvalue weighted by molar-refractivity contribution is 0.297. The van der Waals surface area contributed by atoms with E-state index in [9.17, 15) is 8.42 Å². The number of benzene rings is 1. The Morgan fingerprint density at radius 2 is 1.78 bits per heavy atom. The minimum Gasteiger partial charge on any atom is -0.359 e. The summed E-state index contributed by atoms with van der Waals surface area (Å²) in [6, 6.07) is 5.28. The van der Waals surface area contributed by atoms with E-state index in [1.54, 1.807) is 10.4 Å². The monoisotopic (exact) mass is 334 g/mol. The van der Waals surface area contributed by atoms with Crippen molar-refractivity contribution in [2.24, 2.45) is 0 Å². The first-order chi connectivity index (χ1) is 10.8. The fourth-order valence-electron chi connectivity index (χ4n) is 3.19. The Bertz CT molecular complexity index is 840. The minimum atomic E-state index is -3.55. The van der Waals surface area contributed by atoms with Crippen LogP contribution in [-0.2, 0) is 10.0 Å². The summed E-state index contributed by atoms with van der Waals surface area (Å²) >= 11 is 0. The van der Waals surface area contributed by atoms with Crippen molar-refractivity contribution < 1.29 is 12.9 Å². The molecule has 1 atom stereocenters. The molecule has 23 heavy (non-hydrogen) atoms. The van der Waals surface area contributed by atoms with Crippen molar-refractivity contribution in [3.05, 3.63) is 46.3 Å². The third-order valence-electron chi connectivity index (χ3n) is 4.56. The second-order valence-corrected chi connectivity index (χ2v) is 8.21. The number of hydrogen-bond donors (Lipinski definition) is 0. The summed E-state index contributed by atoms with van der Waals surface area (Å²) in [6.45, 7) is 8.14. The van der Waals surface area contributed by atoms with Crippen LogP contribution in [0.5, 0.6) is 0 Å². The number of sulfonamides is 1. The highest BCUT2D eigenvalue weighted by Crippen LogP contribution is 2.37. The molecule has 1 aliphatic rings. The predicted octanol–water partition coefficient (Wildman–Crippen LogP) is 3.43. The van der Waals surface area contributed by atoms with Crippen LogP contribution < -0.4 is 0 Å². The number of rotatable bonds is 3. The molecule has 6 heteroatoms. The molecule has 0 spiro atoms. The molecule has 2 heterocycles. The Morgan fingerprint density at radius 3 is 2.43 bits per heavy atom. The molecule has 0 unspecified atom stereocenters. The molecule has 0 bridgehead atoms. The summed E-state index contributed by atoms with van der Waals surface area (Å²) < 4.78 is 33.2. The zero-order chi connectivity index (χ0) is 16.8. The van der Waals surface area contributed by atoms with Gasteiger partial charge in [-0.05, 0) is 63.3 Å². The zero-order valence-corrected chi connectivity index (χ0v) is 14.8. The lowest BCUT2D eigenvalue weighted by atomic mass is 10.1. The van der Waals surface area contributed by atoms with Gasteiger partial charge in [-0.25, -0.2) is 8.42 Å². The first kappa shape index (κ1) is 16.2. The molecule has 5 nitrogen and oxygen atoms in total. The SMILES string of the molecule is Cc1cc([C@H]2CCCN2S(=O)(=O)c2cc(C)c(C)cc2C)on1. The molecule has 0 saturated carbocycles. The Labute approximate surface area is 137 Å². The standard InChI is InChI=1S/C17H22N2O3S/c1-11-8-13(3)17(9-12(11)2)23(20,21)19-7-5-6-15(19)16-10-14(4)18-22-16/h8-10,15H,5-7H2,1-4H3/t15-/m1/s1. The van der Waals surface area contributed by atoms with Gasteiger partial charge in [-0.3, -0.25) is 0 Å². The molecule has 1 aromatic carbocycles. The molecule has 0 N–H and O–H groups in total. The maximum absolute atomic E-state index is 13.2. The topological polar surface area (TPSA) is 63.4 Å². The van der Waals surface area contributed by atoms with E-state index < -0.39 is 10.0 Å². The van der Waals surface area contributed by atoms with E-state index in [2.05, 4.69) is 5.16 Å². The molecule has 3 rings (SSSR count). The van der Waals surface area contributed by atoms with Crippen LogP contribution >= 0.6 is 0 Å². The van der Waals surface area contributed by atoms with E-state index in [0.717, 1.165) is 35.2 Å². The van der Waals surface area contributed by atoms with Gasteiger partial charge in [-0.15, -0.1) is 0 Å². The Hall–Kier alpha value is -1.66. The third kappa shape index (κ3) is 2.81. The lowest BCUT2D eigenvalue weighted by Gasteiger charge is -2.23. The molecule has 1 aromatic heterocycles. The van der Waals surface area contributed by atoms with E-state index in [1.807, 2.05) is 39.8 Å². The van der Waals surface area contributed by atoms with Crippen LogP contribution in [0, 0.1) is 27.7 Å². The van der Waals surface area contributed by atoms with Gasteiger partial charge in [0.25, 0.3) is 0 Å². The maximum Gasteiger partial charge on any atom is 0.244 e. The molecule has 124 valence electrons. The molecule has 1 fully saturated rings. The minimum absolute atomic E-state index is 0.262. The second-order valence-electron chi connectivity index (χ2n) is 6.35. The van der Waals surface area contributed by atoms with Crippen LogP contribution in [-0.4, -0.2) is 24.4 Å². The third-order valence-corrected chi connectivity index (χ3v) is 6.61. The number of hydrogen-bond acceptors (Lipinski definition) is 4. The van der Waals surface area contributed by atoms with Gasteiger partial charge >= 0.3 is 0 Å². The van der Waals surface area contributed by atoms with Gasteiger partial charge < -0.3 is 4.52 Å². The van der Waals surface area contributed by atoms with Crippen LogP contribution in [0.4, 0.5) is 0 Å². The van der Waals surface area contributed by atoms with Crippen LogP contribution in [0.3, 0.4) is 0 Å². The van der Waals surface area contributed by atoms with Gasteiger partial charge in [0.1, 0.15) is 0 Å². The predicted molar refractivity (Wildman–Crippen MR) is 87.8 cm³/mol. The van der Waals surface area contributed by atoms with Gasteiger partial charge in [0.05, 0.1) is 16.6 Å². The Balaban J connectivity index is 2.03. The number of nitrogens with zero attached hydrogens (tertiary/aromatic N) is 2. The molecular formula is C17H22N2O3S. The number of aromatic nitrogens is 1. The molecule has 2 aromatic rings. The fourth-order valence-corrected chi connectivity index (χ4v) is 5.15. The lowest BCUT2D eigenvalue weighted by Crippen LogP contribution is -2.31. The first-order valence-corrected chi connectivity index (χ1v) is 9.27. The van der Waals surface area contributed by atoms with Crippen LogP contribution in [0.15, 0.2) is 27.6 Å². The number of aryl methyl sites for hydroxylation is 4. The highest BCUT2D eigenvalue weighted by molar-refractivity contribution is 7.89. The molecular weight excluding hydrogens is 312 g/mol. The molecule has 1 saturated heterocycles. The summed E-state index contributed by atoms with van der Waals surface area (Å²) in [5, 5.41) is 3.90. The quantitative estimate of drug-likeness (QED) is 0.862. The van der Waals surface area contributed by atoms with Gasteiger partial charge in [0.15, 0.2) is 5.76 Å². The highest BCUT2D eigenvalue weighted by atomic mass is 32.2. The van der Waals surface area contributed by atoms with Crippen molar-refractivity contribution in [1.29, 1.82) is 0 Å². The van der Waals surface area contributed by atoms with Crippen molar-refractivity contribution in [3.63, 3.8) is 0 Å². The van der Waals surface area contributed by atoms with E-state index in [0.29, 0.717) is 17.2 Å². The average molecular weight is 334 g/mol. The van der Waals surface area contributed by atoms with Crippen LogP contribution in [0.2, 0.25) is 0 Å². The van der Waals surface area contributed by atoms with Gasteiger partial charge in [0.2, 0.25) is 10.0 Å². The first-order valence-electron chi connectivity index (χ1n) is 7.83. The average Bonchev–Trinajstić information content (AvgIpc) is 3.11. The summed E-state index contributed by atoms with van der Waals surface area (Å²) in [7, 11) is -3.55. The molecule has 0 amide bonds. The van der Waals surface area contributed by atoms with Crippen molar-refractivity contribution in [2.75, 3.05) is 6.54 Å². The highest BCUT2D eigenvalue weighted by Gasteiger charge is 2.38. The summed E-state index contributed by atoms with van der Waals surface area (Å²) in [5.74, 6) is 0.630. The van der Waals surface area contributed by atoms with Crippen LogP contribution in [0.1, 0.15) is 47.0 Å².